The Kier molecular flexibility index (Phi) is 6.45. The summed E-state index contributed by atoms with van der Waals surface area (Å²) in [5, 5.41) is 3.60. The molecule has 0 unspecified atom stereocenters. The predicted molar refractivity (Wildman–Crippen MR) is 90.9 cm³/mol. The minimum atomic E-state index is -0.627. The molecule has 7 nitrogen and oxygen atoms in total. The van der Waals surface area contributed by atoms with Crippen LogP contribution in [0.4, 0.5) is 0 Å². The monoisotopic (exact) mass is 371 g/mol. The van der Waals surface area contributed by atoms with Crippen LogP contribution < -0.4 is 21.3 Å². The van der Waals surface area contributed by atoms with Crippen LogP contribution in [0.15, 0.2) is 40.1 Å². The third kappa shape index (κ3) is 5.43. The van der Waals surface area contributed by atoms with Crippen molar-refractivity contribution in [3.05, 3.63) is 61.3 Å². The first-order valence-electron chi connectivity index (χ1n) is 7.10. The number of rotatable bonds is 7. The van der Waals surface area contributed by atoms with Gasteiger partial charge < -0.3 is 10.1 Å². The third-order valence-electron chi connectivity index (χ3n) is 3.01. The average molecular weight is 372 g/mol. The lowest BCUT2D eigenvalue weighted by Gasteiger charge is -2.09. The quantitative estimate of drug-likeness (QED) is 0.719. The molecule has 1 aromatic carbocycles. The van der Waals surface area contributed by atoms with E-state index in [9.17, 15) is 14.4 Å². The highest BCUT2D eigenvalue weighted by Gasteiger charge is 2.05. The van der Waals surface area contributed by atoms with Gasteiger partial charge in [0.15, 0.2) is 0 Å². The fourth-order valence-corrected chi connectivity index (χ4v) is 2.32. The molecule has 1 aromatic heterocycles. The van der Waals surface area contributed by atoms with Gasteiger partial charge in [-0.25, -0.2) is 4.79 Å². The van der Waals surface area contributed by atoms with Gasteiger partial charge in [-0.15, -0.1) is 0 Å². The second-order valence-corrected chi connectivity index (χ2v) is 5.71. The number of ether oxygens (including phenoxy) is 1. The summed E-state index contributed by atoms with van der Waals surface area (Å²) in [6.45, 7) is 0.571. The summed E-state index contributed by atoms with van der Waals surface area (Å²) in [5.74, 6) is 0.181. The number of aromatic nitrogens is 2. The van der Waals surface area contributed by atoms with Crippen molar-refractivity contribution in [2.75, 3.05) is 13.2 Å². The van der Waals surface area contributed by atoms with Gasteiger partial charge in [-0.05, 0) is 24.6 Å². The van der Waals surface area contributed by atoms with Gasteiger partial charge in [0.1, 0.15) is 12.3 Å². The number of halogens is 2. The maximum atomic E-state index is 11.7. The predicted octanol–water partition coefficient (Wildman–Crippen LogP) is 1.43. The number of hydrogen-bond acceptors (Lipinski definition) is 4. The fraction of sp³-hybridized carbons (Fsp3) is 0.267. The summed E-state index contributed by atoms with van der Waals surface area (Å²) in [6.07, 6.45) is 1.83. The molecule has 1 amide bonds. The van der Waals surface area contributed by atoms with Crippen molar-refractivity contribution in [1.29, 1.82) is 0 Å². The Hall–Kier alpha value is -2.25. The number of carbonyl (C=O) groups is 1. The van der Waals surface area contributed by atoms with Crippen LogP contribution in [0.2, 0.25) is 10.0 Å². The van der Waals surface area contributed by atoms with E-state index in [1.807, 2.05) is 0 Å². The smallest absolute Gasteiger partial charge is 0.328 e. The molecule has 2 aromatic rings. The van der Waals surface area contributed by atoms with Crippen LogP contribution in [-0.2, 0) is 11.3 Å². The minimum Gasteiger partial charge on any atom is -0.492 e. The normalized spacial score (nSPS) is 10.4. The molecule has 0 aliphatic heterocycles. The zero-order valence-corrected chi connectivity index (χ0v) is 14.1. The lowest BCUT2D eigenvalue weighted by Crippen LogP contribution is -2.35. The Morgan fingerprint density at radius 3 is 2.75 bits per heavy atom. The van der Waals surface area contributed by atoms with Gasteiger partial charge in [0.2, 0.25) is 5.91 Å². The number of nitrogens with zero attached hydrogens (tertiary/aromatic N) is 1. The van der Waals surface area contributed by atoms with E-state index in [4.69, 9.17) is 27.9 Å². The lowest BCUT2D eigenvalue weighted by molar-refractivity contribution is -0.121. The van der Waals surface area contributed by atoms with Crippen LogP contribution in [0.3, 0.4) is 0 Å². The lowest BCUT2D eigenvalue weighted by atomic mass is 10.3. The zero-order chi connectivity index (χ0) is 17.5. The fourth-order valence-electron chi connectivity index (χ4n) is 1.85. The maximum Gasteiger partial charge on any atom is 0.328 e. The molecule has 0 saturated carbocycles. The van der Waals surface area contributed by atoms with Gasteiger partial charge in [-0.1, -0.05) is 23.2 Å². The molecular formula is C15H15Cl2N3O4. The summed E-state index contributed by atoms with van der Waals surface area (Å²) >= 11 is 11.8. The molecule has 0 radical (unpaired) electrons. The minimum absolute atomic E-state index is 0.167. The van der Waals surface area contributed by atoms with Crippen molar-refractivity contribution < 1.29 is 9.53 Å². The first-order valence-corrected chi connectivity index (χ1v) is 7.85. The zero-order valence-electron chi connectivity index (χ0n) is 12.6. The number of aromatic amines is 1. The number of amides is 1. The Balaban J connectivity index is 1.71. The summed E-state index contributed by atoms with van der Waals surface area (Å²) in [5.41, 5.74) is -1.13. The van der Waals surface area contributed by atoms with Gasteiger partial charge >= 0.3 is 5.69 Å². The van der Waals surface area contributed by atoms with E-state index in [1.54, 1.807) is 18.2 Å². The molecule has 0 aliphatic carbocycles. The summed E-state index contributed by atoms with van der Waals surface area (Å²) in [4.78, 5) is 36.2. The van der Waals surface area contributed by atoms with Crippen LogP contribution in [0, 0.1) is 0 Å². The highest BCUT2D eigenvalue weighted by molar-refractivity contribution is 6.35. The Bertz CT molecular complexity index is 832. The molecule has 24 heavy (non-hydrogen) atoms. The molecule has 9 heteroatoms. The number of nitrogens with one attached hydrogen (secondary N) is 2. The van der Waals surface area contributed by atoms with Crippen LogP contribution in [0.1, 0.15) is 6.42 Å². The standard InChI is InChI=1S/C15H15Cl2N3O4/c16-10-2-3-12(11(17)8-10)24-7-1-5-18-14(22)9-20-6-4-13(21)19-15(20)23/h2-4,6,8H,1,5,7,9H2,(H,18,22)(H,19,21,23). The van der Waals surface area contributed by atoms with Crippen LogP contribution in [0.5, 0.6) is 5.75 Å². The molecule has 0 saturated heterocycles. The van der Waals surface area contributed by atoms with Gasteiger partial charge in [-0.3, -0.25) is 19.1 Å². The van der Waals surface area contributed by atoms with Crippen LogP contribution >= 0.6 is 23.2 Å². The molecule has 0 atom stereocenters. The maximum absolute atomic E-state index is 11.7. The van der Waals surface area contributed by atoms with Crippen LogP contribution in [-0.4, -0.2) is 28.6 Å². The van der Waals surface area contributed by atoms with Crippen LogP contribution in [0.25, 0.3) is 0 Å². The summed E-state index contributed by atoms with van der Waals surface area (Å²) in [6, 6.07) is 6.11. The number of hydrogen-bond donors (Lipinski definition) is 2. The highest BCUT2D eigenvalue weighted by Crippen LogP contribution is 2.27. The van der Waals surface area contributed by atoms with Gasteiger partial charge in [-0.2, -0.15) is 0 Å². The second kappa shape index (κ2) is 8.56. The molecule has 2 rings (SSSR count). The average Bonchev–Trinajstić information content (AvgIpc) is 2.51. The molecule has 0 spiro atoms. The highest BCUT2D eigenvalue weighted by atomic mass is 35.5. The Labute approximate surface area is 147 Å². The Morgan fingerprint density at radius 2 is 2.04 bits per heavy atom. The van der Waals surface area contributed by atoms with E-state index < -0.39 is 11.2 Å². The van der Waals surface area contributed by atoms with Gasteiger partial charge in [0, 0.05) is 23.8 Å². The van der Waals surface area contributed by atoms with E-state index in [2.05, 4.69) is 10.3 Å². The summed E-state index contributed by atoms with van der Waals surface area (Å²) in [7, 11) is 0. The third-order valence-corrected chi connectivity index (χ3v) is 3.54. The Morgan fingerprint density at radius 1 is 1.25 bits per heavy atom. The molecule has 0 fully saturated rings. The largest absolute Gasteiger partial charge is 0.492 e. The van der Waals surface area contributed by atoms with Crippen molar-refractivity contribution in [2.24, 2.45) is 0 Å². The molecule has 0 aliphatic rings. The number of H-pyrrole nitrogens is 1. The van der Waals surface area contributed by atoms with Crippen molar-refractivity contribution in [3.63, 3.8) is 0 Å². The van der Waals surface area contributed by atoms with E-state index >= 15 is 0 Å². The van der Waals surface area contributed by atoms with Crippen molar-refractivity contribution in [1.82, 2.24) is 14.9 Å². The van der Waals surface area contributed by atoms with Gasteiger partial charge in [0.25, 0.3) is 5.56 Å². The molecular weight excluding hydrogens is 357 g/mol. The van der Waals surface area contributed by atoms with E-state index in [-0.39, 0.29) is 12.5 Å². The van der Waals surface area contributed by atoms with E-state index in [0.29, 0.717) is 35.4 Å². The SMILES string of the molecule is O=C(Cn1ccc(=O)[nH]c1=O)NCCCOc1ccc(Cl)cc1Cl. The van der Waals surface area contributed by atoms with E-state index in [1.165, 1.54) is 12.3 Å². The number of benzene rings is 1. The van der Waals surface area contributed by atoms with E-state index in [0.717, 1.165) is 4.57 Å². The second-order valence-electron chi connectivity index (χ2n) is 4.86. The summed E-state index contributed by atoms with van der Waals surface area (Å²) < 4.78 is 6.60. The molecule has 2 N–H and O–H groups in total. The van der Waals surface area contributed by atoms with Crippen molar-refractivity contribution in [2.45, 2.75) is 13.0 Å². The molecule has 0 bridgehead atoms. The molecule has 1 heterocycles. The number of carbonyl (C=O) groups excluding carboxylic acids is 1. The first kappa shape index (κ1) is 18.1. The first-order chi connectivity index (χ1) is 11.5. The van der Waals surface area contributed by atoms with Crippen molar-refractivity contribution in [3.8, 4) is 5.75 Å². The molecule has 128 valence electrons. The van der Waals surface area contributed by atoms with Gasteiger partial charge in [0.05, 0.1) is 11.6 Å². The topological polar surface area (TPSA) is 93.2 Å². The van der Waals surface area contributed by atoms with Crippen molar-refractivity contribution >= 4 is 29.1 Å².